The lowest BCUT2D eigenvalue weighted by molar-refractivity contribution is 0.0972. The van der Waals surface area contributed by atoms with Crippen molar-refractivity contribution in [3.63, 3.8) is 0 Å². The number of fused-ring (bicyclic) bond motifs is 1. The second kappa shape index (κ2) is 10.6. The van der Waals surface area contributed by atoms with Gasteiger partial charge in [0.1, 0.15) is 5.75 Å². The maximum atomic E-state index is 12.9. The fourth-order valence-electron chi connectivity index (χ4n) is 3.74. The highest BCUT2D eigenvalue weighted by molar-refractivity contribution is 6.08. The van der Waals surface area contributed by atoms with Crippen LogP contribution in [-0.4, -0.2) is 38.9 Å². The minimum Gasteiger partial charge on any atom is -0.494 e. The largest absolute Gasteiger partial charge is 0.494 e. The van der Waals surface area contributed by atoms with E-state index in [-0.39, 0.29) is 34.3 Å². The van der Waals surface area contributed by atoms with Gasteiger partial charge in [-0.05, 0) is 53.2 Å². The molecular weight excluding hydrogens is 474 g/mol. The molecule has 3 aromatic carbocycles. The Balaban J connectivity index is 1.22. The average molecular weight is 495 g/mol. The van der Waals surface area contributed by atoms with E-state index in [1.165, 1.54) is 6.07 Å². The van der Waals surface area contributed by atoms with Gasteiger partial charge in [-0.3, -0.25) is 14.4 Å². The van der Waals surface area contributed by atoms with E-state index in [9.17, 15) is 14.4 Å². The van der Waals surface area contributed by atoms with Crippen molar-refractivity contribution in [2.75, 3.05) is 11.9 Å². The third kappa shape index (κ3) is 5.43. The number of amides is 1. The highest BCUT2D eigenvalue weighted by Crippen LogP contribution is 2.26. The number of carbonyl (C=O) groups excluding carboxylic acids is 2. The summed E-state index contributed by atoms with van der Waals surface area (Å²) in [6, 6.07) is 22.0. The topological polar surface area (TPSA) is 140 Å². The van der Waals surface area contributed by atoms with Crippen molar-refractivity contribution in [3.8, 4) is 17.3 Å². The van der Waals surface area contributed by atoms with Gasteiger partial charge in [-0.1, -0.05) is 36.4 Å². The van der Waals surface area contributed by atoms with Gasteiger partial charge in [0.15, 0.2) is 22.6 Å². The van der Waals surface area contributed by atoms with Crippen LogP contribution < -0.4 is 15.5 Å². The summed E-state index contributed by atoms with van der Waals surface area (Å²) in [6.07, 6.45) is 0.967. The summed E-state index contributed by atoms with van der Waals surface area (Å²) in [5.74, 6) is 0.619. The van der Waals surface area contributed by atoms with Gasteiger partial charge in [0.05, 0.1) is 17.7 Å². The molecule has 0 bridgehead atoms. The normalized spacial score (nSPS) is 10.8. The third-order valence-electron chi connectivity index (χ3n) is 5.61. The molecule has 0 unspecified atom stereocenters. The Morgan fingerprint density at radius 2 is 1.76 bits per heavy atom. The number of nitrogens with zero attached hydrogens (tertiary/aromatic N) is 3. The molecule has 0 aliphatic rings. The van der Waals surface area contributed by atoms with Gasteiger partial charge in [0, 0.05) is 23.6 Å². The van der Waals surface area contributed by atoms with Gasteiger partial charge in [-0.15, -0.1) is 5.10 Å². The number of anilines is 1. The molecule has 2 N–H and O–H groups in total. The predicted molar refractivity (Wildman–Crippen MR) is 136 cm³/mol. The number of hydrogen-bond acceptors (Lipinski definition) is 8. The molecule has 0 spiro atoms. The lowest BCUT2D eigenvalue weighted by atomic mass is 10.1. The summed E-state index contributed by atoms with van der Waals surface area (Å²) in [4.78, 5) is 37.6. The average Bonchev–Trinajstić information content (AvgIpc) is 3.47. The van der Waals surface area contributed by atoms with Crippen molar-refractivity contribution >= 4 is 28.3 Å². The second-order valence-corrected chi connectivity index (χ2v) is 8.13. The van der Waals surface area contributed by atoms with Crippen LogP contribution in [0, 0.1) is 0 Å². The van der Waals surface area contributed by atoms with Gasteiger partial charge in [-0.2, -0.15) is 0 Å². The number of hydrogen-bond donors (Lipinski definition) is 2. The number of ether oxygens (including phenoxy) is 1. The van der Waals surface area contributed by atoms with E-state index < -0.39 is 0 Å². The zero-order valence-corrected chi connectivity index (χ0v) is 19.5. The van der Waals surface area contributed by atoms with Crippen molar-refractivity contribution in [3.05, 3.63) is 100 Å². The highest BCUT2D eigenvalue weighted by atomic mass is 16.5. The Labute approximate surface area is 210 Å². The van der Waals surface area contributed by atoms with Crippen LogP contribution in [0.2, 0.25) is 0 Å². The Bertz CT molecular complexity index is 1600. The summed E-state index contributed by atoms with van der Waals surface area (Å²) in [5, 5.41) is 16.4. The van der Waals surface area contributed by atoms with Crippen LogP contribution in [0.4, 0.5) is 5.69 Å². The molecule has 1 amide bonds. The standard InChI is InChI=1S/C27H21N5O5/c33-22(17-6-2-1-3-7-17)10-5-15-36-19-13-11-18(12-14-19)27(35)28-21-9-4-8-20-23(34)16-24(37-25(20)21)26-29-31-32-30-26/h1-4,6-9,11-14,16H,5,10,15H2,(H,28,35)(H,29,30,31,32). The Morgan fingerprint density at radius 3 is 2.51 bits per heavy atom. The molecule has 2 aromatic heterocycles. The molecule has 0 saturated heterocycles. The number of rotatable bonds is 9. The lowest BCUT2D eigenvalue weighted by Gasteiger charge is -2.10. The first-order valence-electron chi connectivity index (χ1n) is 11.5. The SMILES string of the molecule is O=C(CCCOc1ccc(C(=O)Nc2cccc3c(=O)cc(-c4nnn[nH]4)oc23)cc1)c1ccccc1. The Hall–Kier alpha value is -5.12. The van der Waals surface area contributed by atoms with E-state index in [0.717, 1.165) is 0 Å². The molecule has 184 valence electrons. The van der Waals surface area contributed by atoms with E-state index in [2.05, 4.69) is 25.9 Å². The molecule has 5 aromatic rings. The fourth-order valence-corrected chi connectivity index (χ4v) is 3.74. The number of Topliss-reactive ketones (excluding diaryl/α,β-unsaturated/α-hetero) is 1. The summed E-state index contributed by atoms with van der Waals surface area (Å²) in [5.41, 5.74) is 1.32. The second-order valence-electron chi connectivity index (χ2n) is 8.13. The number of aromatic amines is 1. The van der Waals surface area contributed by atoms with Gasteiger partial charge in [0.25, 0.3) is 5.91 Å². The van der Waals surface area contributed by atoms with E-state index in [1.54, 1.807) is 54.6 Å². The van der Waals surface area contributed by atoms with E-state index in [1.807, 2.05) is 18.2 Å². The van der Waals surface area contributed by atoms with Crippen molar-refractivity contribution in [1.29, 1.82) is 0 Å². The monoisotopic (exact) mass is 495 g/mol. The van der Waals surface area contributed by atoms with E-state index in [4.69, 9.17) is 9.15 Å². The predicted octanol–water partition coefficient (Wildman–Crippen LogP) is 4.27. The summed E-state index contributed by atoms with van der Waals surface area (Å²) >= 11 is 0. The van der Waals surface area contributed by atoms with Crippen molar-refractivity contribution in [2.24, 2.45) is 0 Å². The van der Waals surface area contributed by atoms with Crippen LogP contribution in [0.5, 0.6) is 5.75 Å². The quantitative estimate of drug-likeness (QED) is 0.228. The van der Waals surface area contributed by atoms with Crippen LogP contribution in [0.3, 0.4) is 0 Å². The summed E-state index contributed by atoms with van der Waals surface area (Å²) in [7, 11) is 0. The number of ketones is 1. The molecule has 2 heterocycles. The molecule has 0 aliphatic carbocycles. The van der Waals surface area contributed by atoms with Gasteiger partial charge < -0.3 is 14.5 Å². The van der Waals surface area contributed by atoms with Crippen molar-refractivity contribution in [2.45, 2.75) is 12.8 Å². The molecule has 37 heavy (non-hydrogen) atoms. The van der Waals surface area contributed by atoms with Gasteiger partial charge in [0.2, 0.25) is 5.82 Å². The smallest absolute Gasteiger partial charge is 0.255 e. The zero-order valence-electron chi connectivity index (χ0n) is 19.5. The number of benzene rings is 3. The zero-order chi connectivity index (χ0) is 25.6. The minimum absolute atomic E-state index is 0.0742. The van der Waals surface area contributed by atoms with Gasteiger partial charge in [-0.25, -0.2) is 5.10 Å². The number of aromatic nitrogens is 4. The van der Waals surface area contributed by atoms with Crippen LogP contribution in [-0.2, 0) is 0 Å². The summed E-state index contributed by atoms with van der Waals surface area (Å²) in [6.45, 7) is 0.377. The van der Waals surface area contributed by atoms with E-state index in [0.29, 0.717) is 47.4 Å². The van der Waals surface area contributed by atoms with Gasteiger partial charge >= 0.3 is 0 Å². The molecule has 0 aliphatic heterocycles. The first-order valence-corrected chi connectivity index (χ1v) is 11.5. The molecular formula is C27H21N5O5. The van der Waals surface area contributed by atoms with Crippen molar-refractivity contribution in [1.82, 2.24) is 20.6 Å². The Morgan fingerprint density at radius 1 is 0.946 bits per heavy atom. The first kappa shape index (κ1) is 23.6. The molecule has 0 radical (unpaired) electrons. The number of H-pyrrole nitrogens is 1. The molecule has 0 fully saturated rings. The number of para-hydroxylation sites is 1. The minimum atomic E-state index is -0.387. The molecule has 10 heteroatoms. The number of tetrazole rings is 1. The number of carbonyl (C=O) groups is 2. The first-order chi connectivity index (χ1) is 18.1. The molecule has 0 atom stereocenters. The maximum absolute atomic E-state index is 12.9. The third-order valence-corrected chi connectivity index (χ3v) is 5.61. The number of nitrogens with one attached hydrogen (secondary N) is 2. The lowest BCUT2D eigenvalue weighted by Crippen LogP contribution is -2.13. The van der Waals surface area contributed by atoms with Crippen LogP contribution in [0.25, 0.3) is 22.6 Å². The van der Waals surface area contributed by atoms with E-state index >= 15 is 0 Å². The highest BCUT2D eigenvalue weighted by Gasteiger charge is 2.15. The molecule has 5 rings (SSSR count). The van der Waals surface area contributed by atoms with Crippen LogP contribution >= 0.6 is 0 Å². The molecule has 10 nitrogen and oxygen atoms in total. The Kier molecular flexibility index (Phi) is 6.80. The molecule has 0 saturated carbocycles. The van der Waals surface area contributed by atoms with Crippen LogP contribution in [0.15, 0.2) is 88.1 Å². The van der Waals surface area contributed by atoms with Crippen molar-refractivity contribution < 1.29 is 18.7 Å². The van der Waals surface area contributed by atoms with Crippen LogP contribution in [0.1, 0.15) is 33.6 Å². The maximum Gasteiger partial charge on any atom is 0.255 e. The summed E-state index contributed by atoms with van der Waals surface area (Å²) < 4.78 is 11.6. The fraction of sp³-hybridized carbons (Fsp3) is 0.111.